The second-order valence-electron chi connectivity index (χ2n) is 5.71. The van der Waals surface area contributed by atoms with Gasteiger partial charge in [0, 0.05) is 38.8 Å². The molecule has 1 aromatic carbocycles. The zero-order valence-corrected chi connectivity index (χ0v) is 12.3. The lowest BCUT2D eigenvalue weighted by Gasteiger charge is -2.24. The average Bonchev–Trinajstić information content (AvgIpc) is 2.87. The van der Waals surface area contributed by atoms with Gasteiger partial charge in [0.1, 0.15) is 0 Å². The smallest absolute Gasteiger partial charge is 0.255 e. The van der Waals surface area contributed by atoms with Crippen LogP contribution >= 0.6 is 0 Å². The summed E-state index contributed by atoms with van der Waals surface area (Å²) in [6, 6.07) is 5.38. The molecule has 0 bridgehead atoms. The Kier molecular flexibility index (Phi) is 4.18. The van der Waals surface area contributed by atoms with Crippen LogP contribution in [-0.4, -0.2) is 49.2 Å². The van der Waals surface area contributed by atoms with Gasteiger partial charge in [0.05, 0.1) is 17.4 Å². The monoisotopic (exact) mass is 277 g/mol. The van der Waals surface area contributed by atoms with Crippen LogP contribution in [0, 0.1) is 5.92 Å². The first kappa shape index (κ1) is 14.7. The molecule has 1 aliphatic heterocycles. The third-order valence-corrected chi connectivity index (χ3v) is 3.91. The van der Waals surface area contributed by atoms with E-state index in [0.29, 0.717) is 11.3 Å². The van der Waals surface area contributed by atoms with E-state index in [1.54, 1.807) is 31.1 Å². The summed E-state index contributed by atoms with van der Waals surface area (Å²) in [5, 5.41) is 9.71. The highest BCUT2D eigenvalue weighted by Gasteiger charge is 2.28. The third kappa shape index (κ3) is 2.88. The van der Waals surface area contributed by atoms with Gasteiger partial charge in [-0.15, -0.1) is 0 Å². The van der Waals surface area contributed by atoms with Gasteiger partial charge in [-0.2, -0.15) is 0 Å². The Bertz CT molecular complexity index is 500. The minimum atomic E-state index is -0.325. The molecule has 20 heavy (non-hydrogen) atoms. The van der Waals surface area contributed by atoms with E-state index in [2.05, 4.69) is 4.90 Å². The zero-order chi connectivity index (χ0) is 14.9. The lowest BCUT2D eigenvalue weighted by Crippen LogP contribution is -2.28. The highest BCUT2D eigenvalue weighted by atomic mass is 16.3. The van der Waals surface area contributed by atoms with Gasteiger partial charge in [-0.25, -0.2) is 0 Å². The summed E-state index contributed by atoms with van der Waals surface area (Å²) in [4.78, 5) is 16.0. The molecule has 1 saturated heterocycles. The summed E-state index contributed by atoms with van der Waals surface area (Å²) < 4.78 is 0. The van der Waals surface area contributed by atoms with Crippen molar-refractivity contribution in [1.29, 1.82) is 0 Å². The molecular weight excluding hydrogens is 254 g/mol. The molecule has 0 spiro atoms. The average molecular weight is 277 g/mol. The number of hydrogen-bond donors (Lipinski definition) is 2. The van der Waals surface area contributed by atoms with Crippen molar-refractivity contribution < 1.29 is 9.90 Å². The molecule has 1 heterocycles. The van der Waals surface area contributed by atoms with Crippen molar-refractivity contribution in [1.82, 2.24) is 4.90 Å². The Balaban J connectivity index is 2.31. The molecule has 110 valence electrons. The van der Waals surface area contributed by atoms with Crippen LogP contribution in [0.3, 0.4) is 0 Å². The maximum Gasteiger partial charge on any atom is 0.255 e. The SMILES string of the molecule is CC(O)C1CCN(c2cc(N)ccc2C(=O)N(C)C)C1. The number of nitrogens with zero attached hydrogens (tertiary/aromatic N) is 2. The predicted molar refractivity (Wildman–Crippen MR) is 80.9 cm³/mol. The molecule has 0 radical (unpaired) electrons. The van der Waals surface area contributed by atoms with E-state index in [1.807, 2.05) is 13.0 Å². The molecule has 0 aromatic heterocycles. The molecule has 0 saturated carbocycles. The molecular formula is C15H23N3O2. The first-order valence-corrected chi connectivity index (χ1v) is 6.94. The first-order valence-electron chi connectivity index (χ1n) is 6.94. The highest BCUT2D eigenvalue weighted by molar-refractivity contribution is 6.00. The zero-order valence-electron chi connectivity index (χ0n) is 12.3. The van der Waals surface area contributed by atoms with Gasteiger partial charge < -0.3 is 20.6 Å². The molecule has 2 rings (SSSR count). The minimum Gasteiger partial charge on any atom is -0.399 e. The van der Waals surface area contributed by atoms with Crippen LogP contribution < -0.4 is 10.6 Å². The van der Waals surface area contributed by atoms with E-state index in [4.69, 9.17) is 5.73 Å². The van der Waals surface area contributed by atoms with Crippen molar-refractivity contribution in [3.8, 4) is 0 Å². The first-order chi connectivity index (χ1) is 9.40. The Morgan fingerprint density at radius 1 is 1.50 bits per heavy atom. The Morgan fingerprint density at radius 2 is 2.20 bits per heavy atom. The summed E-state index contributed by atoms with van der Waals surface area (Å²) >= 11 is 0. The van der Waals surface area contributed by atoms with Gasteiger partial charge in [0.15, 0.2) is 0 Å². The van der Waals surface area contributed by atoms with Crippen molar-refractivity contribution in [3.05, 3.63) is 23.8 Å². The van der Waals surface area contributed by atoms with Crippen LogP contribution in [0.2, 0.25) is 0 Å². The second kappa shape index (κ2) is 5.71. The van der Waals surface area contributed by atoms with Gasteiger partial charge in [0.25, 0.3) is 5.91 Å². The van der Waals surface area contributed by atoms with E-state index in [1.165, 1.54) is 0 Å². The van der Waals surface area contributed by atoms with E-state index in [-0.39, 0.29) is 17.9 Å². The molecule has 0 aliphatic carbocycles. The largest absolute Gasteiger partial charge is 0.399 e. The summed E-state index contributed by atoms with van der Waals surface area (Å²) in [5.41, 5.74) is 8.04. The second-order valence-corrected chi connectivity index (χ2v) is 5.71. The fourth-order valence-electron chi connectivity index (χ4n) is 2.63. The molecule has 2 atom stereocenters. The van der Waals surface area contributed by atoms with Gasteiger partial charge >= 0.3 is 0 Å². The number of rotatable bonds is 3. The van der Waals surface area contributed by atoms with Crippen LogP contribution in [0.4, 0.5) is 11.4 Å². The van der Waals surface area contributed by atoms with Crippen LogP contribution in [0.25, 0.3) is 0 Å². The third-order valence-electron chi connectivity index (χ3n) is 3.91. The van der Waals surface area contributed by atoms with E-state index in [0.717, 1.165) is 25.2 Å². The predicted octanol–water partition coefficient (Wildman–Crippen LogP) is 1.18. The van der Waals surface area contributed by atoms with Gasteiger partial charge in [0.2, 0.25) is 0 Å². The summed E-state index contributed by atoms with van der Waals surface area (Å²) in [6.45, 7) is 3.42. The number of hydrogen-bond acceptors (Lipinski definition) is 4. The maximum absolute atomic E-state index is 12.3. The number of amides is 1. The fraction of sp³-hybridized carbons (Fsp3) is 0.533. The van der Waals surface area contributed by atoms with Crippen molar-refractivity contribution in [3.63, 3.8) is 0 Å². The number of benzene rings is 1. The molecule has 1 amide bonds. The summed E-state index contributed by atoms with van der Waals surface area (Å²) in [5.74, 6) is 0.222. The Morgan fingerprint density at radius 3 is 2.75 bits per heavy atom. The number of carbonyl (C=O) groups excluding carboxylic acids is 1. The van der Waals surface area contributed by atoms with E-state index in [9.17, 15) is 9.90 Å². The van der Waals surface area contributed by atoms with Gasteiger partial charge in [-0.3, -0.25) is 4.79 Å². The standard InChI is InChI=1S/C15H23N3O2/c1-10(19)11-6-7-18(9-11)14-8-12(16)4-5-13(14)15(20)17(2)3/h4-5,8,10-11,19H,6-7,9,16H2,1-3H3. The number of nitrogens with two attached hydrogens (primary N) is 1. The van der Waals surface area contributed by atoms with E-state index < -0.39 is 0 Å². The summed E-state index contributed by atoms with van der Waals surface area (Å²) in [6.07, 6.45) is 0.608. The maximum atomic E-state index is 12.3. The number of nitrogen functional groups attached to an aromatic ring is 1. The molecule has 5 heteroatoms. The lowest BCUT2D eigenvalue weighted by atomic mass is 10.0. The molecule has 1 aliphatic rings. The van der Waals surface area contributed by atoms with Crippen LogP contribution in [0.5, 0.6) is 0 Å². The number of aliphatic hydroxyl groups is 1. The van der Waals surface area contributed by atoms with Gasteiger partial charge in [-0.1, -0.05) is 0 Å². The fourth-order valence-corrected chi connectivity index (χ4v) is 2.63. The summed E-state index contributed by atoms with van der Waals surface area (Å²) in [7, 11) is 3.48. The molecule has 3 N–H and O–H groups in total. The van der Waals surface area contributed by atoms with Crippen LogP contribution in [-0.2, 0) is 0 Å². The highest BCUT2D eigenvalue weighted by Crippen LogP contribution is 2.30. The Labute approximate surface area is 120 Å². The molecule has 1 aromatic rings. The topological polar surface area (TPSA) is 69.8 Å². The van der Waals surface area contributed by atoms with Crippen molar-refractivity contribution >= 4 is 17.3 Å². The molecule has 2 unspecified atom stereocenters. The Hall–Kier alpha value is -1.75. The lowest BCUT2D eigenvalue weighted by molar-refractivity contribution is 0.0828. The quantitative estimate of drug-likeness (QED) is 0.814. The van der Waals surface area contributed by atoms with E-state index >= 15 is 0 Å². The van der Waals surface area contributed by atoms with Crippen molar-refractivity contribution in [2.24, 2.45) is 5.92 Å². The van der Waals surface area contributed by atoms with Crippen molar-refractivity contribution in [2.75, 3.05) is 37.8 Å². The number of anilines is 2. The number of carbonyl (C=O) groups is 1. The normalized spacial score (nSPS) is 20.0. The van der Waals surface area contributed by atoms with Gasteiger partial charge in [-0.05, 0) is 31.5 Å². The van der Waals surface area contributed by atoms with Crippen LogP contribution in [0.1, 0.15) is 23.7 Å². The van der Waals surface area contributed by atoms with Crippen LogP contribution in [0.15, 0.2) is 18.2 Å². The molecule has 5 nitrogen and oxygen atoms in total. The number of aliphatic hydroxyl groups excluding tert-OH is 1. The van der Waals surface area contributed by atoms with Crippen molar-refractivity contribution in [2.45, 2.75) is 19.4 Å². The minimum absolute atomic E-state index is 0.0273. The molecule has 1 fully saturated rings.